The van der Waals surface area contributed by atoms with E-state index in [4.69, 9.17) is 0 Å². The second kappa shape index (κ2) is 7.68. The maximum absolute atomic E-state index is 3.68. The van der Waals surface area contributed by atoms with Crippen LogP contribution in [0.25, 0.3) is 0 Å². The fourth-order valence-electron chi connectivity index (χ4n) is 2.54. The Kier molecular flexibility index (Phi) is 6.87. The van der Waals surface area contributed by atoms with Crippen molar-refractivity contribution < 1.29 is 0 Å². The Hall–Kier alpha value is -0.792. The van der Waals surface area contributed by atoms with E-state index in [0.29, 0.717) is 0 Å². The van der Waals surface area contributed by atoms with E-state index < -0.39 is 32.3 Å². The molecule has 0 N–H and O–H groups in total. The molecule has 0 aliphatic rings. The Labute approximate surface area is 167 Å². The lowest BCUT2D eigenvalue weighted by atomic mass is 10.1. The topological polar surface area (TPSA) is 0 Å². The molecular formula is C22H38Si4. The average molecular weight is 415 g/mol. The Bertz CT molecular complexity index is 749. The van der Waals surface area contributed by atoms with Crippen LogP contribution in [0.2, 0.25) is 78.6 Å². The third-order valence-electron chi connectivity index (χ3n) is 3.90. The van der Waals surface area contributed by atoms with Gasteiger partial charge in [0.05, 0.1) is 16.1 Å². The molecule has 1 rings (SSSR count). The number of rotatable bonds is 2. The maximum atomic E-state index is 3.68. The molecule has 0 saturated heterocycles. The van der Waals surface area contributed by atoms with Gasteiger partial charge >= 0.3 is 0 Å². The van der Waals surface area contributed by atoms with Crippen molar-refractivity contribution in [1.29, 1.82) is 0 Å². The Morgan fingerprint density at radius 3 is 1.19 bits per heavy atom. The fourth-order valence-corrected chi connectivity index (χ4v) is 6.76. The molecule has 0 aromatic heterocycles. The van der Waals surface area contributed by atoms with E-state index in [1.54, 1.807) is 0 Å². The minimum absolute atomic E-state index is 1.21. The van der Waals surface area contributed by atoms with Gasteiger partial charge in [0.2, 0.25) is 0 Å². The van der Waals surface area contributed by atoms with Gasteiger partial charge in [-0.25, -0.2) is 0 Å². The number of hydrogen-bond donors (Lipinski definition) is 0. The molecular weight excluding hydrogens is 377 g/mol. The predicted octanol–water partition coefficient (Wildman–Crippen LogP) is 5.23. The Morgan fingerprint density at radius 1 is 0.538 bits per heavy atom. The van der Waals surface area contributed by atoms with E-state index in [0.717, 1.165) is 0 Å². The summed E-state index contributed by atoms with van der Waals surface area (Å²) in [6.07, 6.45) is 0. The summed E-state index contributed by atoms with van der Waals surface area (Å²) in [6.45, 7) is 28.5. The van der Waals surface area contributed by atoms with Gasteiger partial charge in [-0.1, -0.05) is 90.4 Å². The molecule has 0 amide bonds. The standard InChI is InChI=1S/C22H38Si4/c1-23(2,3)15-13-19-17-21(25(7,8)9)20(14-16-24(4,5)6)22(18-19)26(10,11)12/h17-18H,1-12H3. The molecule has 0 spiro atoms. The first kappa shape index (κ1) is 23.2. The molecule has 4 heteroatoms. The van der Waals surface area contributed by atoms with Gasteiger partial charge < -0.3 is 0 Å². The third-order valence-corrected chi connectivity index (χ3v) is 9.67. The van der Waals surface area contributed by atoms with Crippen molar-refractivity contribution in [2.24, 2.45) is 0 Å². The molecule has 0 saturated carbocycles. The van der Waals surface area contributed by atoms with E-state index in [2.05, 4.69) is 114 Å². The van der Waals surface area contributed by atoms with Crippen LogP contribution < -0.4 is 10.4 Å². The van der Waals surface area contributed by atoms with E-state index in [1.165, 1.54) is 21.5 Å². The second-order valence-electron chi connectivity index (χ2n) is 11.4. The van der Waals surface area contributed by atoms with Crippen LogP contribution in [0.3, 0.4) is 0 Å². The first-order valence-electron chi connectivity index (χ1n) is 9.65. The van der Waals surface area contributed by atoms with Gasteiger partial charge in [0, 0.05) is 11.1 Å². The maximum Gasteiger partial charge on any atom is 0.129 e. The SMILES string of the molecule is C[Si](C)(C)C#Cc1cc([Si](C)(C)C)c(C#C[Si](C)(C)C)c([Si](C)(C)C)c1. The second-order valence-corrected chi connectivity index (χ2v) is 31.0. The highest BCUT2D eigenvalue weighted by molar-refractivity contribution is 6.92. The van der Waals surface area contributed by atoms with Crippen LogP contribution in [0.15, 0.2) is 12.1 Å². The van der Waals surface area contributed by atoms with Crippen LogP contribution >= 0.6 is 0 Å². The first-order chi connectivity index (χ1) is 11.4. The highest BCUT2D eigenvalue weighted by atomic mass is 28.3. The lowest BCUT2D eigenvalue weighted by molar-refractivity contribution is 1.60. The van der Waals surface area contributed by atoms with Gasteiger partial charge in [0.25, 0.3) is 0 Å². The molecule has 26 heavy (non-hydrogen) atoms. The van der Waals surface area contributed by atoms with Crippen molar-refractivity contribution in [3.63, 3.8) is 0 Å². The molecule has 0 aliphatic carbocycles. The Balaban J connectivity index is 3.86. The molecule has 0 heterocycles. The van der Waals surface area contributed by atoms with Gasteiger partial charge in [0.1, 0.15) is 16.1 Å². The van der Waals surface area contributed by atoms with Gasteiger partial charge in [0.15, 0.2) is 0 Å². The summed E-state index contributed by atoms with van der Waals surface area (Å²) in [5.74, 6) is 7.20. The molecule has 0 atom stereocenters. The summed E-state index contributed by atoms with van der Waals surface area (Å²) < 4.78 is 0. The molecule has 142 valence electrons. The van der Waals surface area contributed by atoms with Crippen molar-refractivity contribution in [3.05, 3.63) is 23.3 Å². The van der Waals surface area contributed by atoms with Gasteiger partial charge in [-0.2, -0.15) is 0 Å². The molecule has 0 nitrogen and oxygen atoms in total. The normalized spacial score (nSPS) is 12.8. The minimum Gasteiger partial charge on any atom is -0.127 e. The zero-order valence-corrected chi connectivity index (χ0v) is 23.2. The zero-order valence-electron chi connectivity index (χ0n) is 19.2. The fraction of sp³-hybridized carbons (Fsp3) is 0.545. The average Bonchev–Trinajstić information content (AvgIpc) is 2.38. The Morgan fingerprint density at radius 2 is 0.885 bits per heavy atom. The lowest BCUT2D eigenvalue weighted by Crippen LogP contribution is -2.49. The van der Waals surface area contributed by atoms with Crippen molar-refractivity contribution in [1.82, 2.24) is 0 Å². The van der Waals surface area contributed by atoms with Crippen LogP contribution in [0, 0.1) is 22.9 Å². The summed E-state index contributed by atoms with van der Waals surface area (Å²) in [4.78, 5) is 0. The zero-order chi connectivity index (χ0) is 20.6. The van der Waals surface area contributed by atoms with Crippen LogP contribution in [-0.2, 0) is 0 Å². The number of hydrogen-bond acceptors (Lipinski definition) is 0. The molecule has 0 radical (unpaired) electrons. The summed E-state index contributed by atoms with van der Waals surface area (Å²) in [5, 5.41) is 3.01. The quantitative estimate of drug-likeness (QED) is 0.459. The predicted molar refractivity (Wildman–Crippen MR) is 133 cm³/mol. The van der Waals surface area contributed by atoms with Crippen LogP contribution in [0.1, 0.15) is 11.1 Å². The monoisotopic (exact) mass is 414 g/mol. The first-order valence-corrected chi connectivity index (χ1v) is 23.7. The highest BCUT2D eigenvalue weighted by Crippen LogP contribution is 2.14. The van der Waals surface area contributed by atoms with Gasteiger partial charge in [-0.05, 0) is 22.5 Å². The summed E-state index contributed by atoms with van der Waals surface area (Å²) >= 11 is 0. The lowest BCUT2D eigenvalue weighted by Gasteiger charge is -2.27. The highest BCUT2D eigenvalue weighted by Gasteiger charge is 2.28. The van der Waals surface area contributed by atoms with E-state index in [-0.39, 0.29) is 0 Å². The van der Waals surface area contributed by atoms with Crippen molar-refractivity contribution >= 4 is 42.7 Å². The summed E-state index contributed by atoms with van der Waals surface area (Å²) in [5.41, 5.74) is 9.77. The molecule has 0 aliphatic heterocycles. The van der Waals surface area contributed by atoms with E-state index >= 15 is 0 Å². The van der Waals surface area contributed by atoms with E-state index in [9.17, 15) is 0 Å². The van der Waals surface area contributed by atoms with E-state index in [1.807, 2.05) is 0 Å². The van der Waals surface area contributed by atoms with Crippen molar-refractivity contribution in [3.8, 4) is 22.9 Å². The summed E-state index contributed by atoms with van der Waals surface area (Å²) in [6, 6.07) is 4.74. The third kappa shape index (κ3) is 7.45. The van der Waals surface area contributed by atoms with Crippen LogP contribution in [-0.4, -0.2) is 32.3 Å². The number of benzene rings is 1. The molecule has 0 unspecified atom stereocenters. The van der Waals surface area contributed by atoms with Crippen molar-refractivity contribution in [2.75, 3.05) is 0 Å². The largest absolute Gasteiger partial charge is 0.129 e. The molecule has 1 aromatic rings. The molecule has 1 aromatic carbocycles. The van der Waals surface area contributed by atoms with Crippen molar-refractivity contribution in [2.45, 2.75) is 78.6 Å². The van der Waals surface area contributed by atoms with Gasteiger partial charge in [-0.3, -0.25) is 0 Å². The molecule has 0 bridgehead atoms. The smallest absolute Gasteiger partial charge is 0.127 e. The molecule has 0 fully saturated rings. The minimum atomic E-state index is -1.51. The van der Waals surface area contributed by atoms with Crippen LogP contribution in [0.5, 0.6) is 0 Å². The van der Waals surface area contributed by atoms with Crippen LogP contribution in [0.4, 0.5) is 0 Å². The summed E-state index contributed by atoms with van der Waals surface area (Å²) in [7, 11) is -5.82. The van der Waals surface area contributed by atoms with Gasteiger partial charge in [-0.15, -0.1) is 11.1 Å².